The predicted molar refractivity (Wildman–Crippen MR) is 220 cm³/mol. The maximum atomic E-state index is 11.5. The second-order valence-electron chi connectivity index (χ2n) is 17.2. The minimum atomic E-state index is -0.506. The van der Waals surface area contributed by atoms with Crippen molar-refractivity contribution in [3.05, 3.63) is 57.6 Å². The van der Waals surface area contributed by atoms with Gasteiger partial charge in [-0.3, -0.25) is 20.0 Å². The van der Waals surface area contributed by atoms with Crippen molar-refractivity contribution in [2.24, 2.45) is 20.0 Å². The van der Waals surface area contributed by atoms with E-state index in [9.17, 15) is 10.2 Å². The Morgan fingerprint density at radius 2 is 1.21 bits per heavy atom. The summed E-state index contributed by atoms with van der Waals surface area (Å²) in [7, 11) is 0. The van der Waals surface area contributed by atoms with Gasteiger partial charge in [0, 0.05) is 89.0 Å². The molecule has 0 unspecified atom stereocenters. The number of hydrogen-bond donors (Lipinski definition) is 2. The maximum Gasteiger partial charge on any atom is 0.196 e. The number of fused-ring (bicyclic) bond motifs is 2. The van der Waals surface area contributed by atoms with Gasteiger partial charge in [0.05, 0.1) is 12.1 Å². The Kier molecular flexibility index (Phi) is 12.3. The molecule has 2 fully saturated rings. The minimum Gasteiger partial charge on any atom is -0.507 e. The zero-order valence-electron chi connectivity index (χ0n) is 33.4. The van der Waals surface area contributed by atoms with E-state index in [1.165, 1.54) is 30.3 Å². The van der Waals surface area contributed by atoms with Crippen molar-refractivity contribution in [2.75, 3.05) is 72.0 Å². The van der Waals surface area contributed by atoms with Crippen molar-refractivity contribution < 1.29 is 10.2 Å². The Balaban J connectivity index is 1.08. The van der Waals surface area contributed by atoms with Gasteiger partial charge in [-0.2, -0.15) is 0 Å². The van der Waals surface area contributed by atoms with Crippen LogP contribution >= 0.6 is 0 Å². The van der Waals surface area contributed by atoms with Gasteiger partial charge in [0.15, 0.2) is 11.9 Å². The molecule has 4 aliphatic heterocycles. The van der Waals surface area contributed by atoms with Crippen molar-refractivity contribution in [2.45, 2.75) is 104 Å². The van der Waals surface area contributed by atoms with Crippen molar-refractivity contribution in [1.82, 2.24) is 19.6 Å². The van der Waals surface area contributed by atoms with Crippen LogP contribution in [-0.2, 0) is 18.3 Å². The van der Waals surface area contributed by atoms with Crippen LogP contribution in [0, 0.1) is 6.92 Å². The highest BCUT2D eigenvalue weighted by atomic mass is 16.3. The molecule has 4 heterocycles. The van der Waals surface area contributed by atoms with Crippen LogP contribution in [0.3, 0.4) is 0 Å². The number of nitrogens with zero attached hydrogens (tertiary/aromatic N) is 8. The highest BCUT2D eigenvalue weighted by molar-refractivity contribution is 5.86. The molecule has 4 aliphatic rings. The first-order valence-corrected chi connectivity index (χ1v) is 20.2. The molecule has 0 bridgehead atoms. The number of hydrogen-bond acceptors (Lipinski definition) is 10. The average molecular weight is 725 g/mol. The lowest BCUT2D eigenvalue weighted by Gasteiger charge is -2.41. The first kappa shape index (κ1) is 38.6. The molecule has 10 nitrogen and oxygen atoms in total. The van der Waals surface area contributed by atoms with Crippen molar-refractivity contribution >= 4 is 24.3 Å². The molecular formula is C43H64N8O2. The topological polar surface area (TPSA) is 103 Å². The summed E-state index contributed by atoms with van der Waals surface area (Å²) in [4.78, 5) is 29.1. The Labute approximate surface area is 318 Å². The predicted octanol–water partition coefficient (Wildman–Crippen LogP) is 6.42. The molecule has 0 aromatic heterocycles. The molecule has 2 aromatic rings. The van der Waals surface area contributed by atoms with E-state index in [0.29, 0.717) is 18.0 Å². The minimum absolute atomic E-state index is 0.0668. The van der Waals surface area contributed by atoms with E-state index in [1.54, 1.807) is 6.21 Å². The fourth-order valence-electron chi connectivity index (χ4n) is 8.02. The molecule has 0 radical (unpaired) electrons. The third-order valence-electron chi connectivity index (χ3n) is 11.0. The monoisotopic (exact) mass is 725 g/mol. The SMILES string of the molecule is Cc1cc(C=NCC(C)(C)N=Cc2cc(C(C)(C)C)cc(CCCN3CCCN4CCCN=C43)c2O)c(O)c(CCCN2CCCN3CCCN=C32)c1. The van der Waals surface area contributed by atoms with Gasteiger partial charge in [0.1, 0.15) is 11.5 Å². The van der Waals surface area contributed by atoms with E-state index in [2.05, 4.69) is 79.3 Å². The van der Waals surface area contributed by atoms with Gasteiger partial charge in [-0.1, -0.05) is 32.9 Å². The fraction of sp³-hybridized carbons (Fsp3) is 0.628. The van der Waals surface area contributed by atoms with Crippen LogP contribution < -0.4 is 0 Å². The lowest BCUT2D eigenvalue weighted by molar-refractivity contribution is 0.242. The quantitative estimate of drug-likeness (QED) is 0.231. The average Bonchev–Trinajstić information content (AvgIpc) is 3.13. The molecule has 0 spiro atoms. The van der Waals surface area contributed by atoms with Crippen LogP contribution in [0.2, 0.25) is 0 Å². The normalized spacial score (nSPS) is 18.5. The number of phenolic OH excluding ortho intramolecular Hbond substituents is 2. The molecule has 2 N–H and O–H groups in total. The Hall–Kier alpha value is -4.08. The number of aromatic hydroxyl groups is 2. The molecule has 6 rings (SSSR count). The first-order valence-electron chi connectivity index (χ1n) is 20.2. The van der Waals surface area contributed by atoms with Gasteiger partial charge < -0.3 is 29.8 Å². The van der Waals surface area contributed by atoms with Crippen LogP contribution in [-0.4, -0.2) is 132 Å². The van der Waals surface area contributed by atoms with Gasteiger partial charge in [0.25, 0.3) is 0 Å². The Bertz CT molecular complexity index is 1700. The van der Waals surface area contributed by atoms with Crippen LogP contribution in [0.25, 0.3) is 0 Å². The lowest BCUT2D eigenvalue weighted by atomic mass is 9.84. The molecule has 2 saturated heterocycles. The summed E-state index contributed by atoms with van der Waals surface area (Å²) in [6, 6.07) is 8.36. The maximum absolute atomic E-state index is 11.5. The fourth-order valence-corrected chi connectivity index (χ4v) is 8.02. The Morgan fingerprint density at radius 1 is 0.679 bits per heavy atom. The Morgan fingerprint density at radius 3 is 1.77 bits per heavy atom. The van der Waals surface area contributed by atoms with Crippen LogP contribution in [0.5, 0.6) is 11.5 Å². The van der Waals surface area contributed by atoms with E-state index in [-0.39, 0.29) is 5.41 Å². The van der Waals surface area contributed by atoms with E-state index >= 15 is 0 Å². The molecule has 53 heavy (non-hydrogen) atoms. The first-order chi connectivity index (χ1) is 25.4. The number of rotatable bonds is 13. The van der Waals surface area contributed by atoms with Crippen molar-refractivity contribution in [3.63, 3.8) is 0 Å². The van der Waals surface area contributed by atoms with Crippen LogP contribution in [0.15, 0.2) is 44.2 Å². The van der Waals surface area contributed by atoms with E-state index in [0.717, 1.165) is 132 Å². The highest BCUT2D eigenvalue weighted by Crippen LogP contribution is 2.32. The third-order valence-corrected chi connectivity index (χ3v) is 11.0. The summed E-state index contributed by atoms with van der Waals surface area (Å²) in [5, 5.41) is 22.7. The van der Waals surface area contributed by atoms with Crippen molar-refractivity contribution in [3.8, 4) is 11.5 Å². The smallest absolute Gasteiger partial charge is 0.196 e. The molecule has 0 saturated carbocycles. The lowest BCUT2D eigenvalue weighted by Crippen LogP contribution is -2.52. The standard InChI is InChI=1S/C43H64N8O2/c1-32-25-33(13-7-17-48-21-11-23-50-19-9-15-45-40(48)50)38(52)35(26-32)29-44-31-43(5,6)47-30-36-28-37(42(2,3)4)27-34(39(36)53)14-8-18-49-22-12-24-51-20-10-16-46-41(49)51/h25-30,52-53H,7-24,31H2,1-6H3. The van der Waals surface area contributed by atoms with Crippen LogP contribution in [0.1, 0.15) is 107 Å². The summed E-state index contributed by atoms with van der Waals surface area (Å²) in [5.41, 5.74) is 5.16. The summed E-state index contributed by atoms with van der Waals surface area (Å²) in [5.74, 6) is 2.97. The summed E-state index contributed by atoms with van der Waals surface area (Å²) in [6.45, 7) is 23.6. The molecule has 0 atom stereocenters. The second kappa shape index (κ2) is 16.9. The van der Waals surface area contributed by atoms with E-state index in [1.807, 2.05) is 12.3 Å². The second-order valence-corrected chi connectivity index (χ2v) is 17.2. The van der Waals surface area contributed by atoms with Crippen molar-refractivity contribution in [1.29, 1.82) is 0 Å². The van der Waals surface area contributed by atoms with Crippen LogP contribution in [0.4, 0.5) is 0 Å². The van der Waals surface area contributed by atoms with Gasteiger partial charge >= 0.3 is 0 Å². The third kappa shape index (κ3) is 9.92. The van der Waals surface area contributed by atoms with Gasteiger partial charge in [-0.15, -0.1) is 0 Å². The highest BCUT2D eigenvalue weighted by Gasteiger charge is 2.27. The molecule has 288 valence electrons. The van der Waals surface area contributed by atoms with E-state index < -0.39 is 5.54 Å². The summed E-state index contributed by atoms with van der Waals surface area (Å²) in [6.07, 6.45) is 11.8. The molecule has 10 heteroatoms. The summed E-state index contributed by atoms with van der Waals surface area (Å²) >= 11 is 0. The largest absolute Gasteiger partial charge is 0.507 e. The number of aryl methyl sites for hydroxylation is 3. The summed E-state index contributed by atoms with van der Waals surface area (Å²) < 4.78 is 0. The molecule has 0 amide bonds. The molecular weight excluding hydrogens is 661 g/mol. The number of aliphatic imine (C=N–C) groups is 4. The molecule has 0 aliphatic carbocycles. The molecule has 2 aromatic carbocycles. The zero-order valence-corrected chi connectivity index (χ0v) is 33.4. The van der Waals surface area contributed by atoms with Gasteiger partial charge in [-0.25, -0.2) is 0 Å². The number of benzene rings is 2. The van der Waals surface area contributed by atoms with E-state index in [4.69, 9.17) is 20.0 Å². The number of phenols is 2. The van der Waals surface area contributed by atoms with Gasteiger partial charge in [0.2, 0.25) is 0 Å². The zero-order chi connectivity index (χ0) is 37.6. The number of guanidine groups is 2. The van der Waals surface area contributed by atoms with Gasteiger partial charge in [-0.05, 0) is 112 Å².